The molecule has 5 rings (SSSR count). The molecule has 0 bridgehead atoms. The molecule has 172 valence electrons. The number of nitrogens with zero attached hydrogens (tertiary/aromatic N) is 1. The number of nitrogens with one attached hydrogen (secondary N) is 1. The van der Waals surface area contributed by atoms with Crippen LogP contribution in [0.15, 0.2) is 48.5 Å². The van der Waals surface area contributed by atoms with Gasteiger partial charge in [0.25, 0.3) is 0 Å². The van der Waals surface area contributed by atoms with E-state index in [0.717, 1.165) is 22.3 Å². The second-order valence-corrected chi connectivity index (χ2v) is 8.91. The van der Waals surface area contributed by atoms with Crippen LogP contribution in [0.2, 0.25) is 0 Å². The van der Waals surface area contributed by atoms with Crippen LogP contribution in [0.3, 0.4) is 0 Å². The molecule has 2 N–H and O–H groups in total. The number of fused-ring (bicyclic) bond motifs is 4. The highest BCUT2D eigenvalue weighted by Gasteiger charge is 2.60. The van der Waals surface area contributed by atoms with Gasteiger partial charge in [-0.2, -0.15) is 0 Å². The van der Waals surface area contributed by atoms with Gasteiger partial charge in [-0.25, -0.2) is 4.79 Å². The van der Waals surface area contributed by atoms with Crippen molar-refractivity contribution in [1.82, 2.24) is 10.2 Å². The van der Waals surface area contributed by atoms with Crippen LogP contribution >= 0.6 is 0 Å². The summed E-state index contributed by atoms with van der Waals surface area (Å²) in [5.74, 6) is -1.50. The smallest absolute Gasteiger partial charge is 0.407 e. The molecule has 2 aromatic carbocycles. The molecule has 2 amide bonds. The maximum atomic E-state index is 12.9. The summed E-state index contributed by atoms with van der Waals surface area (Å²) in [6.45, 7) is 0.958. The normalized spacial score (nSPS) is 23.3. The number of likely N-dealkylation sites (tertiary alicyclic amines) is 1. The molecule has 2 aromatic rings. The quantitative estimate of drug-likeness (QED) is 0.671. The summed E-state index contributed by atoms with van der Waals surface area (Å²) in [4.78, 5) is 38.3. The number of carbonyl (C=O) groups excluding carboxylic acids is 2. The Morgan fingerprint density at radius 2 is 1.61 bits per heavy atom. The molecule has 8 nitrogen and oxygen atoms in total. The summed E-state index contributed by atoms with van der Waals surface area (Å²) in [5, 5.41) is 11.8. The van der Waals surface area contributed by atoms with Crippen molar-refractivity contribution in [1.29, 1.82) is 0 Å². The first-order valence-corrected chi connectivity index (χ1v) is 11.1. The lowest BCUT2D eigenvalue weighted by Crippen LogP contribution is -2.51. The average molecular weight is 450 g/mol. The maximum absolute atomic E-state index is 12.9. The number of rotatable bonds is 7. The van der Waals surface area contributed by atoms with E-state index in [1.807, 2.05) is 36.4 Å². The van der Waals surface area contributed by atoms with Gasteiger partial charge in [0.2, 0.25) is 5.91 Å². The minimum absolute atomic E-state index is 0.00380. The van der Waals surface area contributed by atoms with Crippen LogP contribution in [0.25, 0.3) is 11.1 Å². The molecule has 0 aromatic heterocycles. The van der Waals surface area contributed by atoms with E-state index in [1.54, 1.807) is 4.90 Å². The van der Waals surface area contributed by atoms with Gasteiger partial charge in [-0.1, -0.05) is 48.5 Å². The Labute approximate surface area is 191 Å². The molecule has 3 atom stereocenters. The molecule has 1 aliphatic heterocycles. The Hall–Kier alpha value is -3.39. The first kappa shape index (κ1) is 21.5. The number of ether oxygens (including phenoxy) is 2. The molecule has 1 saturated carbocycles. The largest absolute Gasteiger partial charge is 0.481 e. The van der Waals surface area contributed by atoms with Gasteiger partial charge in [-0.05, 0) is 34.1 Å². The van der Waals surface area contributed by atoms with Crippen LogP contribution in [0.1, 0.15) is 17.0 Å². The Morgan fingerprint density at radius 3 is 2.15 bits per heavy atom. The van der Waals surface area contributed by atoms with Crippen LogP contribution in [0.4, 0.5) is 4.79 Å². The van der Waals surface area contributed by atoms with Crippen molar-refractivity contribution in [2.24, 2.45) is 17.8 Å². The lowest BCUT2D eigenvalue weighted by Gasteiger charge is -2.25. The highest BCUT2D eigenvalue weighted by atomic mass is 16.5. The number of hydrogen-bond donors (Lipinski definition) is 2. The van der Waals surface area contributed by atoms with E-state index in [4.69, 9.17) is 9.47 Å². The van der Waals surface area contributed by atoms with Crippen LogP contribution in [-0.2, 0) is 19.1 Å². The van der Waals surface area contributed by atoms with E-state index in [1.165, 1.54) is 7.11 Å². The second kappa shape index (κ2) is 8.51. The van der Waals surface area contributed by atoms with Crippen molar-refractivity contribution < 1.29 is 29.0 Å². The van der Waals surface area contributed by atoms with Crippen molar-refractivity contribution in [3.8, 4) is 11.1 Å². The van der Waals surface area contributed by atoms with Gasteiger partial charge in [0.15, 0.2) is 0 Å². The number of methoxy groups -OCH3 is 1. The zero-order valence-corrected chi connectivity index (χ0v) is 18.3. The minimum Gasteiger partial charge on any atom is -0.481 e. The van der Waals surface area contributed by atoms with E-state index in [0.29, 0.717) is 13.1 Å². The highest BCUT2D eigenvalue weighted by molar-refractivity contribution is 5.87. The lowest BCUT2D eigenvalue weighted by atomic mass is 9.98. The molecule has 0 radical (unpaired) electrons. The molecule has 8 heteroatoms. The van der Waals surface area contributed by atoms with E-state index in [9.17, 15) is 19.5 Å². The van der Waals surface area contributed by atoms with Gasteiger partial charge in [-0.15, -0.1) is 0 Å². The summed E-state index contributed by atoms with van der Waals surface area (Å²) < 4.78 is 10.7. The van der Waals surface area contributed by atoms with Crippen molar-refractivity contribution in [2.75, 3.05) is 33.4 Å². The summed E-state index contributed by atoms with van der Waals surface area (Å²) in [5.41, 5.74) is 4.50. The highest BCUT2D eigenvalue weighted by Crippen LogP contribution is 2.51. The van der Waals surface area contributed by atoms with Crippen molar-refractivity contribution in [2.45, 2.75) is 12.0 Å². The second-order valence-electron chi connectivity index (χ2n) is 8.91. The molecule has 1 saturated heterocycles. The molecule has 2 aliphatic carbocycles. The molecular weight excluding hydrogens is 424 g/mol. The number of carboxylic acids is 1. The fraction of sp³-hybridized carbons (Fsp3) is 0.400. The summed E-state index contributed by atoms with van der Waals surface area (Å²) in [7, 11) is 1.46. The van der Waals surface area contributed by atoms with Gasteiger partial charge in [0.1, 0.15) is 12.6 Å². The first-order chi connectivity index (χ1) is 16.0. The number of benzene rings is 2. The topological polar surface area (TPSA) is 105 Å². The standard InChI is InChI=1S/C25H26N2O6/c1-32-13-21(23(28)27-10-18-19(11-27)22(18)24(29)30)26-25(31)33-12-20-16-8-4-2-6-14(16)15-7-3-5-9-17(15)20/h2-9,18-22H,10-13H2,1H3,(H,26,31)(H,29,30). The SMILES string of the molecule is COCC(NC(=O)OCC1c2ccccc2-c2ccccc21)C(=O)N1CC2C(C1)C2C(=O)O. The third kappa shape index (κ3) is 3.84. The number of amides is 2. The summed E-state index contributed by atoms with van der Waals surface area (Å²) in [6.07, 6.45) is -0.681. The zero-order valence-electron chi connectivity index (χ0n) is 18.3. The number of hydrogen-bond acceptors (Lipinski definition) is 5. The molecule has 1 heterocycles. The summed E-state index contributed by atoms with van der Waals surface area (Å²) >= 11 is 0. The van der Waals surface area contributed by atoms with Gasteiger partial charge in [0, 0.05) is 26.1 Å². The number of piperidine rings is 1. The predicted octanol–water partition coefficient (Wildman–Crippen LogP) is 2.33. The van der Waals surface area contributed by atoms with E-state index in [-0.39, 0.29) is 42.8 Å². The van der Waals surface area contributed by atoms with Crippen molar-refractivity contribution >= 4 is 18.0 Å². The van der Waals surface area contributed by atoms with Crippen LogP contribution in [0, 0.1) is 17.8 Å². The summed E-state index contributed by atoms with van der Waals surface area (Å²) in [6, 6.07) is 15.3. The lowest BCUT2D eigenvalue weighted by molar-refractivity contribution is -0.141. The van der Waals surface area contributed by atoms with Gasteiger partial charge in [0.05, 0.1) is 12.5 Å². The van der Waals surface area contributed by atoms with Crippen LogP contribution in [0.5, 0.6) is 0 Å². The fourth-order valence-corrected chi connectivity index (χ4v) is 5.42. The molecule has 0 spiro atoms. The molecule has 33 heavy (non-hydrogen) atoms. The van der Waals surface area contributed by atoms with Crippen molar-refractivity contribution in [3.05, 3.63) is 59.7 Å². The molecule has 3 aliphatic rings. The van der Waals surface area contributed by atoms with Gasteiger partial charge in [-0.3, -0.25) is 9.59 Å². The zero-order chi connectivity index (χ0) is 23.1. The van der Waals surface area contributed by atoms with Crippen LogP contribution < -0.4 is 5.32 Å². The van der Waals surface area contributed by atoms with Gasteiger partial charge >= 0.3 is 12.1 Å². The Kier molecular flexibility index (Phi) is 5.54. The Morgan fingerprint density at radius 1 is 1.03 bits per heavy atom. The third-order valence-corrected chi connectivity index (χ3v) is 7.06. The minimum atomic E-state index is -0.883. The monoisotopic (exact) mass is 450 g/mol. The molecule has 2 fully saturated rings. The number of carbonyl (C=O) groups is 3. The Bertz CT molecular complexity index is 1040. The molecular formula is C25H26N2O6. The average Bonchev–Trinajstić information content (AvgIpc) is 3.17. The van der Waals surface area contributed by atoms with Gasteiger partial charge < -0.3 is 24.8 Å². The van der Waals surface area contributed by atoms with E-state index < -0.39 is 18.1 Å². The number of alkyl carbamates (subject to hydrolysis) is 1. The maximum Gasteiger partial charge on any atom is 0.407 e. The number of aliphatic carboxylic acids is 1. The fourth-order valence-electron chi connectivity index (χ4n) is 5.42. The van der Waals surface area contributed by atoms with Crippen LogP contribution in [-0.4, -0.2) is 67.4 Å². The number of carboxylic acid groups (broad SMARTS) is 1. The molecule has 3 unspecified atom stereocenters. The first-order valence-electron chi connectivity index (χ1n) is 11.1. The Balaban J connectivity index is 1.20. The third-order valence-electron chi connectivity index (χ3n) is 7.06. The predicted molar refractivity (Wildman–Crippen MR) is 119 cm³/mol. The van der Waals surface area contributed by atoms with E-state index in [2.05, 4.69) is 17.4 Å². The van der Waals surface area contributed by atoms with Crippen molar-refractivity contribution in [3.63, 3.8) is 0 Å². The van der Waals surface area contributed by atoms with E-state index >= 15 is 0 Å².